The van der Waals surface area contributed by atoms with Crippen molar-refractivity contribution in [2.75, 3.05) is 11.9 Å². The Morgan fingerprint density at radius 3 is 2.71 bits per heavy atom. The molecule has 1 amide bonds. The molecule has 3 unspecified atom stereocenters. The van der Waals surface area contributed by atoms with E-state index in [2.05, 4.69) is 5.32 Å². The van der Waals surface area contributed by atoms with E-state index in [-0.39, 0.29) is 11.9 Å². The van der Waals surface area contributed by atoms with Gasteiger partial charge in [0, 0.05) is 6.42 Å². The van der Waals surface area contributed by atoms with Crippen molar-refractivity contribution in [3.05, 3.63) is 16.5 Å². The quantitative estimate of drug-likeness (QED) is 0.767. The molecule has 1 heterocycles. The molecule has 5 heteroatoms. The summed E-state index contributed by atoms with van der Waals surface area (Å²) in [5.41, 5.74) is 1.67. The van der Waals surface area contributed by atoms with E-state index < -0.39 is 0 Å². The molecule has 24 heavy (non-hydrogen) atoms. The van der Waals surface area contributed by atoms with Gasteiger partial charge in [-0.2, -0.15) is 0 Å². The maximum absolute atomic E-state index is 12.5. The first-order valence-electron chi connectivity index (χ1n) is 9.24. The number of amides is 1. The van der Waals surface area contributed by atoms with E-state index in [0.29, 0.717) is 35.4 Å². The molecule has 0 aromatic carbocycles. The van der Waals surface area contributed by atoms with Crippen LogP contribution in [0.4, 0.5) is 5.00 Å². The first-order valence-corrected chi connectivity index (χ1v) is 10.1. The average Bonchev–Trinajstić information content (AvgIpc) is 2.99. The summed E-state index contributed by atoms with van der Waals surface area (Å²) in [4.78, 5) is 24.9. The molecule has 3 aliphatic rings. The number of carbonyl (C=O) groups is 2. The summed E-state index contributed by atoms with van der Waals surface area (Å²) in [6.45, 7) is 2.17. The van der Waals surface area contributed by atoms with Gasteiger partial charge >= 0.3 is 5.97 Å². The zero-order valence-electron chi connectivity index (χ0n) is 14.2. The Hall–Kier alpha value is -1.36. The number of ether oxygens (including phenoxy) is 1. The third-order valence-electron chi connectivity index (χ3n) is 5.90. The second-order valence-corrected chi connectivity index (χ2v) is 8.46. The summed E-state index contributed by atoms with van der Waals surface area (Å²) in [5, 5.41) is 5.73. The molecule has 4 nitrogen and oxygen atoms in total. The predicted octanol–water partition coefficient (Wildman–Crippen LogP) is 4.57. The van der Waals surface area contributed by atoms with Crippen molar-refractivity contribution >= 4 is 28.2 Å². The van der Waals surface area contributed by atoms with Gasteiger partial charge < -0.3 is 10.1 Å². The maximum Gasteiger partial charge on any atom is 0.341 e. The lowest BCUT2D eigenvalue weighted by Gasteiger charge is -2.20. The minimum Gasteiger partial charge on any atom is -0.462 e. The fourth-order valence-corrected chi connectivity index (χ4v) is 5.66. The van der Waals surface area contributed by atoms with Crippen LogP contribution in [0.2, 0.25) is 0 Å². The largest absolute Gasteiger partial charge is 0.462 e. The van der Waals surface area contributed by atoms with E-state index in [1.165, 1.54) is 37.0 Å². The van der Waals surface area contributed by atoms with Crippen LogP contribution in [0.3, 0.4) is 0 Å². The molecular formula is C19H25NO3S. The molecular weight excluding hydrogens is 322 g/mol. The standard InChI is InChI=1S/C19H25NO3S/c1-2-23-19(22)17-15(12-5-6-12)10-24-18(17)20-16(21)9-14-8-11-3-4-13(14)7-11/h10-14H,2-9H2,1H3,(H,20,21). The highest BCUT2D eigenvalue weighted by Gasteiger charge is 2.40. The van der Waals surface area contributed by atoms with Gasteiger partial charge in [0.25, 0.3) is 0 Å². The minimum absolute atomic E-state index is 0.0577. The lowest BCUT2D eigenvalue weighted by atomic mass is 9.86. The van der Waals surface area contributed by atoms with Gasteiger partial charge in [-0.05, 0) is 73.6 Å². The van der Waals surface area contributed by atoms with Gasteiger partial charge in [-0.25, -0.2) is 4.79 Å². The van der Waals surface area contributed by atoms with Crippen LogP contribution < -0.4 is 5.32 Å². The zero-order valence-corrected chi connectivity index (χ0v) is 15.0. The zero-order chi connectivity index (χ0) is 16.7. The molecule has 3 atom stereocenters. The number of esters is 1. The van der Waals surface area contributed by atoms with Crippen molar-refractivity contribution < 1.29 is 14.3 Å². The van der Waals surface area contributed by atoms with E-state index in [1.54, 1.807) is 0 Å². The van der Waals surface area contributed by atoms with Gasteiger partial charge in [0.05, 0.1) is 12.2 Å². The van der Waals surface area contributed by atoms with Crippen LogP contribution >= 0.6 is 11.3 Å². The smallest absolute Gasteiger partial charge is 0.341 e. The minimum atomic E-state index is -0.295. The Morgan fingerprint density at radius 2 is 2.08 bits per heavy atom. The normalized spacial score (nSPS) is 28.1. The first-order chi connectivity index (χ1) is 11.7. The summed E-state index contributed by atoms with van der Waals surface area (Å²) in [6, 6.07) is 0. The van der Waals surface area contributed by atoms with E-state index in [1.807, 2.05) is 12.3 Å². The Morgan fingerprint density at radius 1 is 1.25 bits per heavy atom. The molecule has 4 rings (SSSR count). The van der Waals surface area contributed by atoms with Crippen LogP contribution in [0.25, 0.3) is 0 Å². The summed E-state index contributed by atoms with van der Waals surface area (Å²) < 4.78 is 5.22. The highest BCUT2D eigenvalue weighted by Crippen LogP contribution is 2.50. The van der Waals surface area contributed by atoms with Crippen molar-refractivity contribution in [3.63, 3.8) is 0 Å². The number of anilines is 1. The molecule has 1 aromatic heterocycles. The van der Waals surface area contributed by atoms with Crippen LogP contribution in [0.15, 0.2) is 5.38 Å². The molecule has 1 aromatic rings. The molecule has 3 saturated carbocycles. The van der Waals surface area contributed by atoms with Gasteiger partial charge in [-0.3, -0.25) is 4.79 Å². The molecule has 3 aliphatic carbocycles. The van der Waals surface area contributed by atoms with Crippen molar-refractivity contribution in [1.29, 1.82) is 0 Å². The topological polar surface area (TPSA) is 55.4 Å². The number of carbonyl (C=O) groups excluding carboxylic acids is 2. The lowest BCUT2D eigenvalue weighted by Crippen LogP contribution is -2.21. The molecule has 130 valence electrons. The summed E-state index contributed by atoms with van der Waals surface area (Å²) in [7, 11) is 0. The summed E-state index contributed by atoms with van der Waals surface area (Å²) in [5.74, 6) is 2.37. The summed E-state index contributed by atoms with van der Waals surface area (Å²) >= 11 is 1.47. The third-order valence-corrected chi connectivity index (χ3v) is 6.81. The van der Waals surface area contributed by atoms with Gasteiger partial charge in [-0.15, -0.1) is 11.3 Å². The molecule has 1 N–H and O–H groups in total. The maximum atomic E-state index is 12.5. The van der Waals surface area contributed by atoms with Crippen molar-refractivity contribution in [2.45, 2.75) is 57.8 Å². The van der Waals surface area contributed by atoms with Gasteiger partial charge in [0.2, 0.25) is 5.91 Å². The first kappa shape index (κ1) is 16.1. The fourth-order valence-electron chi connectivity index (χ4n) is 4.61. The van der Waals surface area contributed by atoms with Gasteiger partial charge in [0.1, 0.15) is 5.00 Å². The van der Waals surface area contributed by atoms with Crippen molar-refractivity contribution in [1.82, 2.24) is 0 Å². The molecule has 0 saturated heterocycles. The summed E-state index contributed by atoms with van der Waals surface area (Å²) in [6.07, 6.45) is 8.02. The lowest BCUT2D eigenvalue weighted by molar-refractivity contribution is -0.117. The van der Waals surface area contributed by atoms with Crippen LogP contribution in [0, 0.1) is 17.8 Å². The highest BCUT2D eigenvalue weighted by molar-refractivity contribution is 7.15. The monoisotopic (exact) mass is 347 g/mol. The van der Waals surface area contributed by atoms with Crippen LogP contribution in [-0.4, -0.2) is 18.5 Å². The Bertz CT molecular complexity index is 649. The van der Waals surface area contributed by atoms with Crippen molar-refractivity contribution in [2.24, 2.45) is 17.8 Å². The number of rotatable bonds is 6. The molecule has 0 aliphatic heterocycles. The van der Waals surface area contributed by atoms with E-state index in [0.717, 1.165) is 30.2 Å². The van der Waals surface area contributed by atoms with Crippen molar-refractivity contribution in [3.8, 4) is 0 Å². The fraction of sp³-hybridized carbons (Fsp3) is 0.684. The molecule has 0 spiro atoms. The molecule has 3 fully saturated rings. The number of hydrogen-bond acceptors (Lipinski definition) is 4. The number of thiophene rings is 1. The van der Waals surface area contributed by atoms with Crippen LogP contribution in [0.5, 0.6) is 0 Å². The average molecular weight is 347 g/mol. The Labute approximate surface area is 147 Å². The number of nitrogens with one attached hydrogen (secondary N) is 1. The third kappa shape index (κ3) is 3.10. The molecule has 0 radical (unpaired) electrons. The van der Waals surface area contributed by atoms with E-state index in [4.69, 9.17) is 4.74 Å². The Kier molecular flexibility index (Phi) is 4.37. The number of hydrogen-bond donors (Lipinski definition) is 1. The van der Waals surface area contributed by atoms with Gasteiger partial charge in [0.15, 0.2) is 0 Å². The Balaban J connectivity index is 1.45. The second-order valence-electron chi connectivity index (χ2n) is 7.58. The predicted molar refractivity (Wildman–Crippen MR) is 94.4 cm³/mol. The van der Waals surface area contributed by atoms with Crippen LogP contribution in [0.1, 0.15) is 73.7 Å². The SMILES string of the molecule is CCOC(=O)c1c(C2CC2)csc1NC(=O)CC1CC2CCC1C2. The van der Waals surface area contributed by atoms with E-state index in [9.17, 15) is 9.59 Å². The number of fused-ring (bicyclic) bond motifs is 2. The van der Waals surface area contributed by atoms with E-state index >= 15 is 0 Å². The second kappa shape index (κ2) is 6.51. The van der Waals surface area contributed by atoms with Crippen LogP contribution in [-0.2, 0) is 9.53 Å². The van der Waals surface area contributed by atoms with Gasteiger partial charge in [-0.1, -0.05) is 6.42 Å². The highest BCUT2D eigenvalue weighted by atomic mass is 32.1. The molecule has 2 bridgehead atoms.